The summed E-state index contributed by atoms with van der Waals surface area (Å²) in [5, 5.41) is 25.3. The highest BCUT2D eigenvalue weighted by atomic mass is 16.5. The van der Waals surface area contributed by atoms with Crippen molar-refractivity contribution in [2.45, 2.75) is 26.7 Å². The van der Waals surface area contributed by atoms with Crippen molar-refractivity contribution in [1.82, 2.24) is 9.97 Å². The van der Waals surface area contributed by atoms with Gasteiger partial charge in [-0.25, -0.2) is 9.78 Å². The van der Waals surface area contributed by atoms with E-state index in [0.717, 1.165) is 11.1 Å². The van der Waals surface area contributed by atoms with Gasteiger partial charge in [0.1, 0.15) is 24.0 Å². The lowest BCUT2D eigenvalue weighted by atomic mass is 10.1. The van der Waals surface area contributed by atoms with E-state index in [4.69, 9.17) is 4.74 Å². The number of nitrogens with one attached hydrogen (secondary N) is 1. The molecule has 0 fully saturated rings. The molecule has 1 aliphatic rings. The smallest absolute Gasteiger partial charge is 0.354 e. The minimum Gasteiger partial charge on any atom is -0.507 e. The molecule has 0 spiro atoms. The molecule has 0 unspecified atom stereocenters. The maximum Gasteiger partial charge on any atom is 0.354 e. The van der Waals surface area contributed by atoms with Gasteiger partial charge in [0.2, 0.25) is 5.91 Å². The number of ether oxygens (including phenoxy) is 1. The van der Waals surface area contributed by atoms with E-state index >= 15 is 0 Å². The first kappa shape index (κ1) is 21.8. The van der Waals surface area contributed by atoms with Gasteiger partial charge in [0, 0.05) is 12.8 Å². The van der Waals surface area contributed by atoms with Crippen LogP contribution in [0.15, 0.2) is 53.3 Å². The summed E-state index contributed by atoms with van der Waals surface area (Å²) in [5.74, 6) is -1.26. The summed E-state index contributed by atoms with van der Waals surface area (Å²) >= 11 is 0. The van der Waals surface area contributed by atoms with Crippen molar-refractivity contribution >= 4 is 39.9 Å². The number of amides is 1. The lowest BCUT2D eigenvalue weighted by molar-refractivity contribution is -0.135. The number of aliphatic hydroxyl groups is 1. The van der Waals surface area contributed by atoms with Crippen molar-refractivity contribution in [2.75, 3.05) is 11.6 Å². The molecule has 0 saturated heterocycles. The Morgan fingerprint density at radius 3 is 2.79 bits per heavy atom. The number of nitrogens with zero attached hydrogens (tertiary/aromatic N) is 4. The molecule has 1 aliphatic heterocycles. The number of aromatic amines is 1. The van der Waals surface area contributed by atoms with E-state index in [1.165, 1.54) is 5.01 Å². The van der Waals surface area contributed by atoms with Gasteiger partial charge < -0.3 is 14.8 Å². The van der Waals surface area contributed by atoms with Crippen LogP contribution in [-0.2, 0) is 14.3 Å². The first-order chi connectivity index (χ1) is 15.9. The monoisotopic (exact) mass is 443 g/mol. The second-order valence-corrected chi connectivity index (χ2v) is 7.65. The molecule has 1 amide bonds. The number of carbonyl (C=O) groups excluding carboxylic acids is 2. The van der Waals surface area contributed by atoms with Crippen molar-refractivity contribution in [1.29, 1.82) is 5.26 Å². The van der Waals surface area contributed by atoms with E-state index in [1.807, 2.05) is 50.2 Å². The molecule has 1 aromatic heterocycles. The molecule has 2 aromatic carbocycles. The molecule has 0 aliphatic carbocycles. The van der Waals surface area contributed by atoms with Crippen LogP contribution >= 0.6 is 0 Å². The average molecular weight is 443 g/mol. The molecule has 166 valence electrons. The quantitative estimate of drug-likeness (QED) is 0.351. The molecule has 9 heteroatoms. The molecule has 4 rings (SSSR count). The van der Waals surface area contributed by atoms with Gasteiger partial charge in [-0.05, 0) is 43.2 Å². The fraction of sp³-hybridized carbons (Fsp3) is 0.208. The van der Waals surface area contributed by atoms with E-state index in [0.29, 0.717) is 16.7 Å². The number of aliphatic hydroxyl groups excluding tert-OH is 1. The molecule has 3 aromatic rings. The number of allylic oxidation sites excluding steroid dienone is 1. The van der Waals surface area contributed by atoms with E-state index in [2.05, 4.69) is 15.1 Å². The molecule has 0 radical (unpaired) electrons. The zero-order chi connectivity index (χ0) is 23.5. The molecule has 2 N–H and O–H groups in total. The summed E-state index contributed by atoms with van der Waals surface area (Å²) in [7, 11) is 0. The molecule has 9 nitrogen and oxygen atoms in total. The number of carbonyl (C=O) groups is 2. The Balaban J connectivity index is 1.53. The van der Waals surface area contributed by atoms with Crippen LogP contribution in [0.4, 0.5) is 5.69 Å². The summed E-state index contributed by atoms with van der Waals surface area (Å²) in [6, 6.07) is 14.7. The van der Waals surface area contributed by atoms with Gasteiger partial charge in [-0.15, -0.1) is 0 Å². The first-order valence-corrected chi connectivity index (χ1v) is 10.3. The van der Waals surface area contributed by atoms with Crippen LogP contribution in [0.2, 0.25) is 0 Å². The van der Waals surface area contributed by atoms with Crippen LogP contribution in [0.5, 0.6) is 0 Å². The Labute approximate surface area is 189 Å². The highest BCUT2D eigenvalue weighted by Crippen LogP contribution is 2.26. The second-order valence-electron chi connectivity index (χ2n) is 7.65. The van der Waals surface area contributed by atoms with Gasteiger partial charge in [-0.3, -0.25) is 4.79 Å². The number of para-hydroxylation sites is 2. The fourth-order valence-corrected chi connectivity index (χ4v) is 3.45. The van der Waals surface area contributed by atoms with Crippen molar-refractivity contribution < 1.29 is 19.4 Å². The molecular formula is C24H21N5O4. The molecular weight excluding hydrogens is 422 g/mol. The number of aryl methyl sites for hydroxylation is 2. The van der Waals surface area contributed by atoms with E-state index in [-0.39, 0.29) is 35.9 Å². The maximum atomic E-state index is 12.6. The van der Waals surface area contributed by atoms with Gasteiger partial charge in [0.25, 0.3) is 0 Å². The summed E-state index contributed by atoms with van der Waals surface area (Å²) in [5.41, 5.74) is 3.68. The normalized spacial score (nSPS) is 14.5. The van der Waals surface area contributed by atoms with Crippen LogP contribution < -0.4 is 5.01 Å². The van der Waals surface area contributed by atoms with Crippen LogP contribution in [-0.4, -0.2) is 39.3 Å². The lowest BCUT2D eigenvalue weighted by Gasteiger charge is -2.24. The van der Waals surface area contributed by atoms with Gasteiger partial charge >= 0.3 is 5.97 Å². The van der Waals surface area contributed by atoms with Gasteiger partial charge in [0.05, 0.1) is 16.7 Å². The molecule has 0 saturated carbocycles. The van der Waals surface area contributed by atoms with Crippen molar-refractivity contribution in [2.24, 2.45) is 5.10 Å². The molecule has 33 heavy (non-hydrogen) atoms. The number of hydrazone groups is 1. The SMILES string of the molecule is Cc1ccc(C)c(N2N=C(C(=O)OC/C(O)=C(\C#N)c3nc4ccccc4[nH]3)CCC2=O)c1. The third-order valence-corrected chi connectivity index (χ3v) is 5.23. The average Bonchev–Trinajstić information content (AvgIpc) is 3.23. The Bertz CT molecular complexity index is 1330. The van der Waals surface area contributed by atoms with Crippen LogP contribution in [0.25, 0.3) is 16.6 Å². The number of benzene rings is 2. The number of hydrogen-bond acceptors (Lipinski definition) is 7. The number of aromatic nitrogens is 2. The van der Waals surface area contributed by atoms with Crippen molar-refractivity contribution in [3.63, 3.8) is 0 Å². The Morgan fingerprint density at radius 1 is 1.24 bits per heavy atom. The molecule has 0 atom stereocenters. The Morgan fingerprint density at radius 2 is 2.03 bits per heavy atom. The van der Waals surface area contributed by atoms with E-state index in [1.54, 1.807) is 12.1 Å². The van der Waals surface area contributed by atoms with Gasteiger partial charge in [-0.2, -0.15) is 15.4 Å². The minimum absolute atomic E-state index is 0.0607. The number of fused-ring (bicyclic) bond motifs is 1. The number of hydrogen-bond donors (Lipinski definition) is 2. The highest BCUT2D eigenvalue weighted by molar-refractivity contribution is 6.38. The van der Waals surface area contributed by atoms with E-state index in [9.17, 15) is 20.0 Å². The Kier molecular flexibility index (Phi) is 5.91. The first-order valence-electron chi connectivity index (χ1n) is 10.3. The van der Waals surface area contributed by atoms with Gasteiger partial charge in [-0.1, -0.05) is 24.3 Å². The summed E-state index contributed by atoms with van der Waals surface area (Å²) in [6.45, 7) is 3.23. The third kappa shape index (κ3) is 4.45. The topological polar surface area (TPSA) is 132 Å². The zero-order valence-electron chi connectivity index (χ0n) is 18.1. The van der Waals surface area contributed by atoms with Crippen molar-refractivity contribution in [3.05, 3.63) is 65.2 Å². The summed E-state index contributed by atoms with van der Waals surface area (Å²) in [6.07, 6.45) is 0.226. The van der Waals surface area contributed by atoms with Crippen molar-refractivity contribution in [3.8, 4) is 6.07 Å². The fourth-order valence-electron chi connectivity index (χ4n) is 3.45. The second kappa shape index (κ2) is 8.96. The van der Waals surface area contributed by atoms with E-state index < -0.39 is 18.3 Å². The minimum atomic E-state index is -0.772. The number of esters is 1. The number of rotatable bonds is 5. The van der Waals surface area contributed by atoms with Gasteiger partial charge in [0.15, 0.2) is 11.6 Å². The maximum absolute atomic E-state index is 12.6. The largest absolute Gasteiger partial charge is 0.507 e. The molecule has 0 bridgehead atoms. The predicted octanol–water partition coefficient (Wildman–Crippen LogP) is 3.70. The zero-order valence-corrected chi connectivity index (χ0v) is 18.1. The third-order valence-electron chi connectivity index (χ3n) is 5.23. The Hall–Kier alpha value is -4.45. The van der Waals surface area contributed by atoms with Crippen LogP contribution in [0, 0.1) is 25.2 Å². The standard InChI is InChI=1S/C24H21N5O4/c1-14-7-8-15(2)20(11-14)29-22(31)10-9-19(28-29)24(32)33-13-21(30)16(12-25)23-26-17-5-3-4-6-18(17)27-23/h3-8,11,30H,9-10,13H2,1-2H3,(H,26,27)/b21-16-. The molecule has 2 heterocycles. The lowest BCUT2D eigenvalue weighted by Crippen LogP contribution is -2.35. The summed E-state index contributed by atoms with van der Waals surface area (Å²) in [4.78, 5) is 32.3. The number of anilines is 1. The van der Waals surface area contributed by atoms with Crippen LogP contribution in [0.3, 0.4) is 0 Å². The predicted molar refractivity (Wildman–Crippen MR) is 122 cm³/mol. The highest BCUT2D eigenvalue weighted by Gasteiger charge is 2.28. The number of H-pyrrole nitrogens is 1. The van der Waals surface area contributed by atoms with Crippen LogP contribution in [0.1, 0.15) is 29.8 Å². The number of imidazole rings is 1. The number of nitriles is 1. The summed E-state index contributed by atoms with van der Waals surface area (Å²) < 4.78 is 5.19.